The highest BCUT2D eigenvalue weighted by Gasteiger charge is 2.13. The minimum absolute atomic E-state index is 0. The Morgan fingerprint density at radius 3 is 2.57 bits per heavy atom. The smallest absolute Gasteiger partial charge is 0.142 e. The van der Waals surface area contributed by atoms with Crippen LogP contribution >= 0.6 is 24.2 Å². The Bertz CT molecular complexity index is 563. The first kappa shape index (κ1) is 17.5. The predicted octanol–water partition coefficient (Wildman–Crippen LogP) is 1.25. The van der Waals surface area contributed by atoms with Gasteiger partial charge in [-0.3, -0.25) is 4.90 Å². The fourth-order valence-corrected chi connectivity index (χ4v) is 2.85. The minimum atomic E-state index is 0. The summed E-state index contributed by atoms with van der Waals surface area (Å²) < 4.78 is 5.29. The zero-order chi connectivity index (χ0) is 14.4. The summed E-state index contributed by atoms with van der Waals surface area (Å²) in [6.45, 7) is 4.34. The van der Waals surface area contributed by atoms with E-state index in [2.05, 4.69) is 16.0 Å². The third-order valence-electron chi connectivity index (χ3n) is 3.01. The molecule has 0 atom stereocenters. The molecule has 0 saturated carbocycles. The molecule has 0 radical (unpaired) electrons. The molecule has 1 aliphatic heterocycles. The van der Waals surface area contributed by atoms with Crippen LogP contribution in [0.25, 0.3) is 0 Å². The van der Waals surface area contributed by atoms with Gasteiger partial charge in [0, 0.05) is 25.4 Å². The number of rotatable bonds is 4. The average molecular weight is 326 g/mol. The van der Waals surface area contributed by atoms with E-state index in [4.69, 9.17) is 21.0 Å². The molecule has 0 amide bonds. The van der Waals surface area contributed by atoms with E-state index in [1.54, 1.807) is 0 Å². The van der Waals surface area contributed by atoms with Crippen LogP contribution in [-0.2, 0) is 4.74 Å². The number of halogens is 1. The molecule has 2 N–H and O–H groups in total. The molecule has 0 aliphatic carbocycles. The van der Waals surface area contributed by atoms with Crippen LogP contribution < -0.4 is 5.73 Å². The summed E-state index contributed by atoms with van der Waals surface area (Å²) in [5.74, 6) is 1.01. The zero-order valence-electron chi connectivity index (χ0n) is 11.4. The lowest BCUT2D eigenvalue weighted by atomic mass is 10.2. The summed E-state index contributed by atoms with van der Waals surface area (Å²) in [6.07, 6.45) is 0. The second-order valence-electron chi connectivity index (χ2n) is 4.30. The highest BCUT2D eigenvalue weighted by Crippen LogP contribution is 2.23. The fraction of sp³-hybridized carbons (Fsp3) is 0.462. The molecule has 0 unspecified atom stereocenters. The lowest BCUT2D eigenvalue weighted by Gasteiger charge is -2.26. The van der Waals surface area contributed by atoms with Crippen molar-refractivity contribution in [3.63, 3.8) is 0 Å². The molecule has 0 bridgehead atoms. The predicted molar refractivity (Wildman–Crippen MR) is 83.3 cm³/mol. The number of hydrogen-bond donors (Lipinski definition) is 1. The largest absolute Gasteiger partial charge is 0.383 e. The molecule has 1 aliphatic rings. The standard InChI is InChI=1S/C13H15N5OS.ClH/c14-8-10-7-11(9-15)13(17-12(10)16)20-6-3-18-1-4-19-5-2-18;/h7H,1-6H2,(H2,16,17);1H. The summed E-state index contributed by atoms with van der Waals surface area (Å²) in [5.41, 5.74) is 6.34. The van der Waals surface area contributed by atoms with Gasteiger partial charge in [-0.25, -0.2) is 4.98 Å². The van der Waals surface area contributed by atoms with Gasteiger partial charge in [0.2, 0.25) is 0 Å². The van der Waals surface area contributed by atoms with Gasteiger partial charge < -0.3 is 10.5 Å². The number of ether oxygens (including phenoxy) is 1. The average Bonchev–Trinajstić information content (AvgIpc) is 2.48. The van der Waals surface area contributed by atoms with Crippen LogP contribution in [0.3, 0.4) is 0 Å². The van der Waals surface area contributed by atoms with E-state index in [-0.39, 0.29) is 23.8 Å². The Balaban J connectivity index is 0.00000220. The van der Waals surface area contributed by atoms with Gasteiger partial charge in [-0.2, -0.15) is 10.5 Å². The van der Waals surface area contributed by atoms with Crippen molar-refractivity contribution in [2.75, 3.05) is 44.3 Å². The zero-order valence-corrected chi connectivity index (χ0v) is 13.0. The summed E-state index contributed by atoms with van der Waals surface area (Å²) in [7, 11) is 0. The number of nitrogens with zero attached hydrogens (tertiary/aromatic N) is 4. The Kier molecular flexibility index (Phi) is 7.27. The molecule has 8 heteroatoms. The van der Waals surface area contributed by atoms with Gasteiger partial charge in [0.05, 0.1) is 24.3 Å². The first-order chi connectivity index (χ1) is 9.74. The monoisotopic (exact) mass is 325 g/mol. The number of anilines is 1. The lowest BCUT2D eigenvalue weighted by Crippen LogP contribution is -2.37. The summed E-state index contributed by atoms with van der Waals surface area (Å²) in [4.78, 5) is 6.46. The van der Waals surface area contributed by atoms with Crippen molar-refractivity contribution in [2.45, 2.75) is 5.03 Å². The number of nitrogen functional groups attached to an aromatic ring is 1. The van der Waals surface area contributed by atoms with Crippen LogP contribution in [0.4, 0.5) is 5.82 Å². The van der Waals surface area contributed by atoms with E-state index in [1.165, 1.54) is 17.8 Å². The van der Waals surface area contributed by atoms with E-state index in [0.29, 0.717) is 10.6 Å². The van der Waals surface area contributed by atoms with Gasteiger partial charge in [0.15, 0.2) is 0 Å². The lowest BCUT2D eigenvalue weighted by molar-refractivity contribution is 0.0410. The highest BCUT2D eigenvalue weighted by molar-refractivity contribution is 7.99. The maximum atomic E-state index is 9.10. The van der Waals surface area contributed by atoms with E-state index in [0.717, 1.165) is 38.6 Å². The third kappa shape index (κ3) is 4.76. The quantitative estimate of drug-likeness (QED) is 0.832. The molecule has 1 aromatic rings. The van der Waals surface area contributed by atoms with Crippen molar-refractivity contribution in [1.82, 2.24) is 9.88 Å². The first-order valence-corrected chi connectivity index (χ1v) is 7.26. The summed E-state index contributed by atoms with van der Waals surface area (Å²) in [6, 6.07) is 5.50. The van der Waals surface area contributed by atoms with Crippen LogP contribution in [0.2, 0.25) is 0 Å². The van der Waals surface area contributed by atoms with Gasteiger partial charge >= 0.3 is 0 Å². The number of pyridine rings is 1. The molecular weight excluding hydrogens is 310 g/mol. The molecule has 2 rings (SSSR count). The molecule has 21 heavy (non-hydrogen) atoms. The number of hydrogen-bond acceptors (Lipinski definition) is 7. The van der Waals surface area contributed by atoms with Gasteiger partial charge in [-0.15, -0.1) is 24.2 Å². The first-order valence-electron chi connectivity index (χ1n) is 6.28. The van der Waals surface area contributed by atoms with Crippen molar-refractivity contribution >= 4 is 30.0 Å². The summed E-state index contributed by atoms with van der Waals surface area (Å²) >= 11 is 1.49. The van der Waals surface area contributed by atoms with Gasteiger partial charge in [0.25, 0.3) is 0 Å². The van der Waals surface area contributed by atoms with Crippen molar-refractivity contribution in [3.05, 3.63) is 17.2 Å². The maximum Gasteiger partial charge on any atom is 0.142 e. The Morgan fingerprint density at radius 2 is 1.95 bits per heavy atom. The van der Waals surface area contributed by atoms with Crippen molar-refractivity contribution in [1.29, 1.82) is 10.5 Å². The van der Waals surface area contributed by atoms with Crippen molar-refractivity contribution in [3.8, 4) is 12.1 Å². The van der Waals surface area contributed by atoms with Crippen LogP contribution in [0.1, 0.15) is 11.1 Å². The number of nitrogens with two attached hydrogens (primary N) is 1. The van der Waals surface area contributed by atoms with Gasteiger partial charge in [-0.05, 0) is 6.07 Å². The maximum absolute atomic E-state index is 9.10. The second kappa shape index (κ2) is 8.71. The number of nitriles is 2. The summed E-state index contributed by atoms with van der Waals surface area (Å²) in [5, 5.41) is 18.6. The van der Waals surface area contributed by atoms with Crippen LogP contribution in [-0.4, -0.2) is 48.5 Å². The molecule has 112 valence electrons. The van der Waals surface area contributed by atoms with Crippen LogP contribution in [0.5, 0.6) is 0 Å². The highest BCUT2D eigenvalue weighted by atomic mass is 35.5. The Labute approximate surface area is 134 Å². The van der Waals surface area contributed by atoms with E-state index < -0.39 is 0 Å². The van der Waals surface area contributed by atoms with E-state index in [9.17, 15) is 0 Å². The second-order valence-corrected chi connectivity index (χ2v) is 5.38. The topological polar surface area (TPSA) is 99.0 Å². The van der Waals surface area contributed by atoms with Crippen molar-refractivity contribution in [2.24, 2.45) is 0 Å². The SMILES string of the molecule is Cl.N#Cc1cc(C#N)c(SCCN2CCOCC2)nc1N. The van der Waals surface area contributed by atoms with Gasteiger partial charge in [-0.1, -0.05) is 0 Å². The normalized spacial score (nSPS) is 14.8. The number of morpholine rings is 1. The molecule has 1 saturated heterocycles. The van der Waals surface area contributed by atoms with Crippen LogP contribution in [0.15, 0.2) is 11.1 Å². The molecule has 6 nitrogen and oxygen atoms in total. The number of aromatic nitrogens is 1. The number of thioether (sulfide) groups is 1. The molecule has 0 spiro atoms. The Morgan fingerprint density at radius 1 is 1.29 bits per heavy atom. The third-order valence-corrected chi connectivity index (χ3v) is 3.98. The van der Waals surface area contributed by atoms with Gasteiger partial charge in [0.1, 0.15) is 23.0 Å². The molecule has 0 aromatic carbocycles. The van der Waals surface area contributed by atoms with E-state index in [1.807, 2.05) is 6.07 Å². The fourth-order valence-electron chi connectivity index (χ4n) is 1.89. The minimum Gasteiger partial charge on any atom is -0.383 e. The molecule has 2 heterocycles. The molecule has 1 aromatic heterocycles. The molecule has 1 fully saturated rings. The van der Waals surface area contributed by atoms with Crippen LogP contribution in [0, 0.1) is 22.7 Å². The van der Waals surface area contributed by atoms with Crippen molar-refractivity contribution < 1.29 is 4.74 Å². The van der Waals surface area contributed by atoms with E-state index >= 15 is 0 Å². The molecular formula is C13H16ClN5OS. The Hall–Kier alpha value is -1.51.